The van der Waals surface area contributed by atoms with Crippen molar-refractivity contribution < 1.29 is 33.2 Å². The number of ether oxygens (including phenoxy) is 2. The summed E-state index contributed by atoms with van der Waals surface area (Å²) in [7, 11) is -3.72. The van der Waals surface area contributed by atoms with Gasteiger partial charge in [0.05, 0.1) is 39.0 Å². The summed E-state index contributed by atoms with van der Waals surface area (Å²) < 4.78 is 28.7. The lowest BCUT2D eigenvalue weighted by atomic mass is 10.0. The summed E-state index contributed by atoms with van der Waals surface area (Å²) in [5, 5.41) is 0. The van der Waals surface area contributed by atoms with Crippen molar-refractivity contribution in [1.82, 2.24) is 0 Å². The Morgan fingerprint density at radius 2 is 1.31 bits per heavy atom. The van der Waals surface area contributed by atoms with Gasteiger partial charge in [0.25, 0.3) is 0 Å². The van der Waals surface area contributed by atoms with Gasteiger partial charge in [-0.05, 0) is 20.3 Å². The maximum Gasteiger partial charge on any atom is 0.333 e. The van der Waals surface area contributed by atoms with E-state index >= 15 is 0 Å². The predicted molar refractivity (Wildman–Crippen MR) is 144 cm³/mol. The minimum Gasteiger partial charge on any atom is -0.457 e. The lowest BCUT2D eigenvalue weighted by Crippen LogP contribution is -3.11. The molecule has 0 spiro atoms. The van der Waals surface area contributed by atoms with Gasteiger partial charge in [0.15, 0.2) is 0 Å². The molecule has 2 atom stereocenters. The highest BCUT2D eigenvalue weighted by Gasteiger charge is 2.25. The number of hydrogen-bond donors (Lipinski definition) is 2. The van der Waals surface area contributed by atoms with Crippen LogP contribution in [0.25, 0.3) is 0 Å². The highest BCUT2D eigenvalue weighted by atomic mass is 31.2. The molecule has 0 rings (SSSR count). The average molecular weight is 523 g/mol. The van der Waals surface area contributed by atoms with Crippen LogP contribution in [0.15, 0.2) is 0 Å². The standard InChI is InChI=1S/C27H56NO6P/c1-5-9-10-11-12-13-14-15-16-17-18-19-20-22-32-24-26(34-27(29)6-2)25-33-35(30,31)23-21-28(7-3)8-4/h26H,5-25H2,1-4H3,(H,30,31)/p+1. The van der Waals surface area contributed by atoms with Crippen molar-refractivity contribution in [2.24, 2.45) is 0 Å². The second-order valence-electron chi connectivity index (χ2n) is 9.65. The zero-order valence-electron chi connectivity index (χ0n) is 23.4. The van der Waals surface area contributed by atoms with E-state index in [1.807, 2.05) is 0 Å². The normalized spacial score (nSPS) is 14.2. The van der Waals surface area contributed by atoms with E-state index in [0.717, 1.165) is 25.9 Å². The fraction of sp³-hybridized carbons (Fsp3) is 0.963. The quantitative estimate of drug-likeness (QED) is 0.0881. The van der Waals surface area contributed by atoms with Crippen LogP contribution in [0.1, 0.15) is 118 Å². The Kier molecular flexibility index (Phi) is 23.6. The van der Waals surface area contributed by atoms with Crippen LogP contribution >= 0.6 is 7.60 Å². The molecule has 0 aromatic rings. The number of nitrogens with one attached hydrogen (secondary N) is 1. The number of carbonyl (C=O) groups excluding carboxylic acids is 1. The Balaban J connectivity index is 3.93. The molecule has 0 heterocycles. The van der Waals surface area contributed by atoms with Crippen molar-refractivity contribution in [3.63, 3.8) is 0 Å². The van der Waals surface area contributed by atoms with E-state index in [1.54, 1.807) is 6.92 Å². The largest absolute Gasteiger partial charge is 0.457 e. The van der Waals surface area contributed by atoms with Crippen LogP contribution in [-0.4, -0.2) is 62.6 Å². The second-order valence-corrected chi connectivity index (χ2v) is 11.6. The molecule has 2 unspecified atom stereocenters. The lowest BCUT2D eigenvalue weighted by Gasteiger charge is -2.21. The van der Waals surface area contributed by atoms with Crippen molar-refractivity contribution in [1.29, 1.82) is 0 Å². The molecular weight excluding hydrogens is 465 g/mol. The Morgan fingerprint density at radius 3 is 1.80 bits per heavy atom. The minimum absolute atomic E-state index is 0.0955. The zero-order valence-corrected chi connectivity index (χ0v) is 24.3. The molecular formula is C27H57NO6P+. The molecule has 0 fully saturated rings. The van der Waals surface area contributed by atoms with Gasteiger partial charge in [-0.2, -0.15) is 0 Å². The number of rotatable bonds is 26. The molecule has 0 aliphatic carbocycles. The van der Waals surface area contributed by atoms with Gasteiger partial charge < -0.3 is 23.8 Å². The van der Waals surface area contributed by atoms with E-state index in [2.05, 4.69) is 20.8 Å². The molecule has 8 heteroatoms. The maximum absolute atomic E-state index is 12.4. The average Bonchev–Trinajstić information content (AvgIpc) is 2.85. The smallest absolute Gasteiger partial charge is 0.333 e. The first kappa shape index (κ1) is 34.5. The summed E-state index contributed by atoms with van der Waals surface area (Å²) in [6.45, 7) is 11.1. The maximum atomic E-state index is 12.4. The fourth-order valence-electron chi connectivity index (χ4n) is 3.99. The molecule has 0 aromatic heterocycles. The molecule has 0 radical (unpaired) electrons. The summed E-state index contributed by atoms with van der Waals surface area (Å²) in [4.78, 5) is 23.1. The van der Waals surface area contributed by atoms with Gasteiger partial charge in [-0.25, -0.2) is 0 Å². The molecule has 0 aliphatic rings. The lowest BCUT2D eigenvalue weighted by molar-refractivity contribution is -0.893. The molecule has 0 saturated heterocycles. The highest BCUT2D eigenvalue weighted by Crippen LogP contribution is 2.41. The van der Waals surface area contributed by atoms with Gasteiger partial charge in [-0.1, -0.05) is 90.9 Å². The molecule has 0 aromatic carbocycles. The molecule has 0 bridgehead atoms. The van der Waals surface area contributed by atoms with Crippen LogP contribution in [0.5, 0.6) is 0 Å². The third-order valence-electron chi connectivity index (χ3n) is 6.49. The van der Waals surface area contributed by atoms with Crippen molar-refractivity contribution in [3.05, 3.63) is 0 Å². The van der Waals surface area contributed by atoms with Gasteiger partial charge in [-0.15, -0.1) is 0 Å². The number of hydrogen-bond acceptors (Lipinski definition) is 5. The fourth-order valence-corrected chi connectivity index (χ4v) is 5.12. The summed E-state index contributed by atoms with van der Waals surface area (Å²) in [6, 6.07) is 0. The third kappa shape index (κ3) is 22.5. The monoisotopic (exact) mass is 522 g/mol. The topological polar surface area (TPSA) is 86.5 Å². The van der Waals surface area contributed by atoms with Crippen LogP contribution in [0.3, 0.4) is 0 Å². The van der Waals surface area contributed by atoms with E-state index in [-0.39, 0.29) is 31.8 Å². The first-order valence-corrected chi connectivity index (χ1v) is 16.2. The SMILES string of the molecule is CCCCCCCCCCCCCCCOCC(COP(=O)(O)CC[NH+](CC)CC)OC(=O)CC. The van der Waals surface area contributed by atoms with Crippen LogP contribution in [-0.2, 0) is 23.4 Å². The van der Waals surface area contributed by atoms with Gasteiger partial charge in [0, 0.05) is 13.0 Å². The van der Waals surface area contributed by atoms with E-state index in [1.165, 1.54) is 75.5 Å². The molecule has 35 heavy (non-hydrogen) atoms. The van der Waals surface area contributed by atoms with E-state index in [4.69, 9.17) is 14.0 Å². The van der Waals surface area contributed by atoms with Gasteiger partial charge in [0.2, 0.25) is 0 Å². The van der Waals surface area contributed by atoms with E-state index in [9.17, 15) is 14.3 Å². The summed E-state index contributed by atoms with van der Waals surface area (Å²) in [5.41, 5.74) is 0. The first-order valence-electron chi connectivity index (χ1n) is 14.5. The van der Waals surface area contributed by atoms with Gasteiger partial charge in [-0.3, -0.25) is 9.36 Å². The van der Waals surface area contributed by atoms with Gasteiger partial charge in [0.1, 0.15) is 6.10 Å². The summed E-state index contributed by atoms with van der Waals surface area (Å²) in [6.07, 6.45) is 16.6. The van der Waals surface area contributed by atoms with Crippen molar-refractivity contribution in [2.45, 2.75) is 124 Å². The van der Waals surface area contributed by atoms with Crippen LogP contribution in [0, 0.1) is 0 Å². The number of unbranched alkanes of at least 4 members (excludes halogenated alkanes) is 12. The third-order valence-corrected chi connectivity index (χ3v) is 7.83. The zero-order chi connectivity index (χ0) is 26.2. The van der Waals surface area contributed by atoms with Crippen molar-refractivity contribution in [3.8, 4) is 0 Å². The predicted octanol–water partition coefficient (Wildman–Crippen LogP) is 5.54. The van der Waals surface area contributed by atoms with Crippen LogP contribution < -0.4 is 4.90 Å². The highest BCUT2D eigenvalue weighted by molar-refractivity contribution is 7.52. The Hall–Kier alpha value is -0.460. The Morgan fingerprint density at radius 1 is 0.800 bits per heavy atom. The van der Waals surface area contributed by atoms with Crippen LogP contribution in [0.2, 0.25) is 0 Å². The number of quaternary nitrogens is 1. The summed E-state index contributed by atoms with van der Waals surface area (Å²) in [5.74, 6) is -0.358. The molecule has 0 amide bonds. The molecule has 0 saturated carbocycles. The molecule has 7 nitrogen and oxygen atoms in total. The van der Waals surface area contributed by atoms with E-state index in [0.29, 0.717) is 13.2 Å². The van der Waals surface area contributed by atoms with Gasteiger partial charge >= 0.3 is 13.6 Å². The molecule has 210 valence electrons. The number of carbonyl (C=O) groups is 1. The second kappa shape index (κ2) is 23.9. The Bertz CT molecular complexity index is 530. The summed E-state index contributed by atoms with van der Waals surface area (Å²) >= 11 is 0. The first-order chi connectivity index (χ1) is 16.9. The Labute approximate surface area is 216 Å². The van der Waals surface area contributed by atoms with Crippen molar-refractivity contribution in [2.75, 3.05) is 45.6 Å². The van der Waals surface area contributed by atoms with E-state index < -0.39 is 13.7 Å². The van der Waals surface area contributed by atoms with Crippen LogP contribution in [0.4, 0.5) is 0 Å². The minimum atomic E-state index is -3.72. The molecule has 0 aliphatic heterocycles. The number of esters is 1. The van der Waals surface area contributed by atoms with Crippen molar-refractivity contribution >= 4 is 13.6 Å². The molecule has 2 N–H and O–H groups in total.